The van der Waals surface area contributed by atoms with E-state index in [4.69, 9.17) is 4.74 Å². The molecule has 0 amide bonds. The summed E-state index contributed by atoms with van der Waals surface area (Å²) in [4.78, 5) is 0. The Bertz CT molecular complexity index is 177. The average molecular weight is 214 g/mol. The Labute approximate surface area is 94.0 Å². The van der Waals surface area contributed by atoms with E-state index in [0.717, 1.165) is 45.1 Å². The van der Waals surface area contributed by atoms with Gasteiger partial charge in [0.15, 0.2) is 0 Å². The lowest BCUT2D eigenvalue weighted by Crippen LogP contribution is -2.41. The standard InChI is InChI=1S/C13H26O2/c1-4-5-12-10-13(14,8-9-15-12)7-6-11(2)3/h11-12,14H,4-10H2,1-3H3. The van der Waals surface area contributed by atoms with E-state index in [1.807, 2.05) is 0 Å². The highest BCUT2D eigenvalue weighted by molar-refractivity contribution is 4.85. The molecule has 2 nitrogen and oxygen atoms in total. The Balaban J connectivity index is 2.38. The van der Waals surface area contributed by atoms with Crippen molar-refractivity contribution in [2.75, 3.05) is 6.61 Å². The van der Waals surface area contributed by atoms with Crippen molar-refractivity contribution in [3.05, 3.63) is 0 Å². The normalized spacial score (nSPS) is 32.2. The number of aliphatic hydroxyl groups is 1. The third kappa shape index (κ3) is 4.52. The lowest BCUT2D eigenvalue weighted by atomic mass is 9.83. The molecule has 2 atom stereocenters. The summed E-state index contributed by atoms with van der Waals surface area (Å²) in [5.74, 6) is 0.682. The quantitative estimate of drug-likeness (QED) is 0.762. The van der Waals surface area contributed by atoms with Gasteiger partial charge in [0.2, 0.25) is 0 Å². The maximum atomic E-state index is 10.4. The molecule has 1 aliphatic rings. The first-order valence-electron chi connectivity index (χ1n) is 6.40. The molecule has 0 aromatic rings. The monoisotopic (exact) mass is 214 g/mol. The SMILES string of the molecule is CCCC1CC(O)(CCC(C)C)CCO1. The largest absolute Gasteiger partial charge is 0.390 e. The van der Waals surface area contributed by atoms with Gasteiger partial charge in [-0.3, -0.25) is 0 Å². The van der Waals surface area contributed by atoms with E-state index in [9.17, 15) is 5.11 Å². The molecule has 1 heterocycles. The van der Waals surface area contributed by atoms with Crippen LogP contribution in [0.25, 0.3) is 0 Å². The molecule has 90 valence electrons. The third-order valence-corrected chi connectivity index (χ3v) is 3.33. The first kappa shape index (κ1) is 13.0. The van der Waals surface area contributed by atoms with Crippen LogP contribution in [-0.2, 0) is 4.74 Å². The van der Waals surface area contributed by atoms with Crippen LogP contribution in [0.1, 0.15) is 59.3 Å². The van der Waals surface area contributed by atoms with E-state index in [2.05, 4.69) is 20.8 Å². The molecule has 15 heavy (non-hydrogen) atoms. The molecular weight excluding hydrogens is 188 g/mol. The molecule has 1 aliphatic heterocycles. The van der Waals surface area contributed by atoms with Gasteiger partial charge in [0.05, 0.1) is 11.7 Å². The molecule has 0 saturated carbocycles. The molecule has 0 bridgehead atoms. The van der Waals surface area contributed by atoms with Gasteiger partial charge in [0, 0.05) is 13.0 Å². The predicted octanol–water partition coefficient (Wildman–Crippen LogP) is 3.13. The van der Waals surface area contributed by atoms with Gasteiger partial charge in [-0.15, -0.1) is 0 Å². The molecule has 0 aromatic heterocycles. The van der Waals surface area contributed by atoms with Crippen LogP contribution in [0.3, 0.4) is 0 Å². The summed E-state index contributed by atoms with van der Waals surface area (Å²) < 4.78 is 5.66. The lowest BCUT2D eigenvalue weighted by molar-refractivity contribution is -0.110. The van der Waals surface area contributed by atoms with Gasteiger partial charge in [-0.1, -0.05) is 27.2 Å². The molecule has 1 N–H and O–H groups in total. The van der Waals surface area contributed by atoms with E-state index in [1.54, 1.807) is 0 Å². The van der Waals surface area contributed by atoms with Crippen LogP contribution in [0.15, 0.2) is 0 Å². The summed E-state index contributed by atoms with van der Waals surface area (Å²) in [6.45, 7) is 7.34. The first-order valence-corrected chi connectivity index (χ1v) is 6.40. The number of hydrogen-bond acceptors (Lipinski definition) is 2. The maximum Gasteiger partial charge on any atom is 0.0694 e. The summed E-state index contributed by atoms with van der Waals surface area (Å²) >= 11 is 0. The summed E-state index contributed by atoms with van der Waals surface area (Å²) in [6, 6.07) is 0. The molecular formula is C13H26O2. The second-order valence-electron chi connectivity index (χ2n) is 5.39. The van der Waals surface area contributed by atoms with Crippen LogP contribution in [0, 0.1) is 5.92 Å². The van der Waals surface area contributed by atoms with Crippen molar-refractivity contribution in [2.24, 2.45) is 5.92 Å². The molecule has 0 aromatic carbocycles. The molecule has 2 heteroatoms. The van der Waals surface area contributed by atoms with Crippen LogP contribution < -0.4 is 0 Å². The van der Waals surface area contributed by atoms with Crippen molar-refractivity contribution in [3.63, 3.8) is 0 Å². The topological polar surface area (TPSA) is 29.5 Å². The van der Waals surface area contributed by atoms with Gasteiger partial charge in [0.25, 0.3) is 0 Å². The molecule has 1 rings (SSSR count). The van der Waals surface area contributed by atoms with Crippen molar-refractivity contribution in [3.8, 4) is 0 Å². The third-order valence-electron chi connectivity index (χ3n) is 3.33. The smallest absolute Gasteiger partial charge is 0.0694 e. The fraction of sp³-hybridized carbons (Fsp3) is 1.00. The van der Waals surface area contributed by atoms with Crippen LogP contribution in [0.4, 0.5) is 0 Å². The van der Waals surface area contributed by atoms with Gasteiger partial charge in [-0.2, -0.15) is 0 Å². The zero-order valence-electron chi connectivity index (χ0n) is 10.5. The Morgan fingerprint density at radius 3 is 2.80 bits per heavy atom. The molecule has 0 spiro atoms. The van der Waals surface area contributed by atoms with Gasteiger partial charge in [0.1, 0.15) is 0 Å². The van der Waals surface area contributed by atoms with Crippen LogP contribution in [0.2, 0.25) is 0 Å². The van der Waals surface area contributed by atoms with E-state index < -0.39 is 5.60 Å². The van der Waals surface area contributed by atoms with Crippen molar-refractivity contribution < 1.29 is 9.84 Å². The van der Waals surface area contributed by atoms with Crippen LogP contribution >= 0.6 is 0 Å². The summed E-state index contributed by atoms with van der Waals surface area (Å²) in [7, 11) is 0. The fourth-order valence-electron chi connectivity index (χ4n) is 2.29. The highest BCUT2D eigenvalue weighted by Crippen LogP contribution is 2.31. The molecule has 1 fully saturated rings. The van der Waals surface area contributed by atoms with E-state index >= 15 is 0 Å². The summed E-state index contributed by atoms with van der Waals surface area (Å²) in [6.07, 6.45) is 6.24. The Hall–Kier alpha value is -0.0800. The minimum absolute atomic E-state index is 0.293. The fourth-order valence-corrected chi connectivity index (χ4v) is 2.29. The second kappa shape index (κ2) is 5.86. The average Bonchev–Trinajstić information content (AvgIpc) is 2.16. The minimum atomic E-state index is -0.442. The molecule has 0 aliphatic carbocycles. The van der Waals surface area contributed by atoms with E-state index in [1.165, 1.54) is 0 Å². The highest BCUT2D eigenvalue weighted by Gasteiger charge is 2.34. The van der Waals surface area contributed by atoms with Crippen molar-refractivity contribution in [2.45, 2.75) is 71.0 Å². The maximum absolute atomic E-state index is 10.4. The number of ether oxygens (including phenoxy) is 1. The Kier molecular flexibility index (Phi) is 5.07. The molecule has 0 radical (unpaired) electrons. The van der Waals surface area contributed by atoms with E-state index in [-0.39, 0.29) is 0 Å². The number of hydrogen-bond donors (Lipinski definition) is 1. The first-order chi connectivity index (χ1) is 7.06. The Morgan fingerprint density at radius 2 is 2.20 bits per heavy atom. The van der Waals surface area contributed by atoms with Crippen molar-refractivity contribution in [1.29, 1.82) is 0 Å². The van der Waals surface area contributed by atoms with Gasteiger partial charge < -0.3 is 9.84 Å². The number of rotatable bonds is 5. The lowest BCUT2D eigenvalue weighted by Gasteiger charge is -2.37. The zero-order chi connectivity index (χ0) is 11.3. The second-order valence-corrected chi connectivity index (χ2v) is 5.39. The van der Waals surface area contributed by atoms with Gasteiger partial charge >= 0.3 is 0 Å². The molecule has 2 unspecified atom stereocenters. The predicted molar refractivity (Wildman–Crippen MR) is 62.9 cm³/mol. The van der Waals surface area contributed by atoms with Crippen molar-refractivity contribution >= 4 is 0 Å². The van der Waals surface area contributed by atoms with Crippen LogP contribution in [-0.4, -0.2) is 23.4 Å². The van der Waals surface area contributed by atoms with Gasteiger partial charge in [-0.25, -0.2) is 0 Å². The minimum Gasteiger partial charge on any atom is -0.390 e. The molecule has 1 saturated heterocycles. The van der Waals surface area contributed by atoms with Crippen LogP contribution in [0.5, 0.6) is 0 Å². The van der Waals surface area contributed by atoms with Gasteiger partial charge in [-0.05, 0) is 31.6 Å². The van der Waals surface area contributed by atoms with Crippen molar-refractivity contribution in [1.82, 2.24) is 0 Å². The summed E-state index contributed by atoms with van der Waals surface area (Å²) in [5.41, 5.74) is -0.442. The summed E-state index contributed by atoms with van der Waals surface area (Å²) in [5, 5.41) is 10.4. The van der Waals surface area contributed by atoms with E-state index in [0.29, 0.717) is 12.0 Å². The zero-order valence-corrected chi connectivity index (χ0v) is 10.5. The Morgan fingerprint density at radius 1 is 1.47 bits per heavy atom. The highest BCUT2D eigenvalue weighted by atomic mass is 16.5.